The third kappa shape index (κ3) is 4.65. The molecule has 0 radical (unpaired) electrons. The number of rotatable bonds is 5. The summed E-state index contributed by atoms with van der Waals surface area (Å²) in [5.41, 5.74) is 10.7. The Morgan fingerprint density at radius 2 is 1.20 bits per heavy atom. The first-order chi connectivity index (χ1) is 24.8. The van der Waals surface area contributed by atoms with Crippen molar-refractivity contribution >= 4 is 28.4 Å². The molecule has 2 aliphatic rings. The first-order valence-corrected chi connectivity index (χ1v) is 16.8. The molecule has 0 saturated heterocycles. The fourth-order valence-corrected chi connectivity index (χ4v) is 7.49. The van der Waals surface area contributed by atoms with Gasteiger partial charge in [0.2, 0.25) is 0 Å². The number of pyridine rings is 1. The SMILES string of the molecule is C1=CC2C(c3ccccc3N2c2ccccc2)c2c1oc1ccc(-c3nc(-c4ccc(-c5ccccc5)cc4)nc(-c4cccnc4)n3)cc21. The number of para-hydroxylation sites is 2. The summed E-state index contributed by atoms with van der Waals surface area (Å²) in [5.74, 6) is 2.78. The molecule has 6 nitrogen and oxygen atoms in total. The quantitative estimate of drug-likeness (QED) is 0.186. The number of furan rings is 1. The highest BCUT2D eigenvalue weighted by molar-refractivity contribution is 5.92. The van der Waals surface area contributed by atoms with E-state index in [2.05, 4.69) is 131 Å². The van der Waals surface area contributed by atoms with Crippen molar-refractivity contribution in [3.8, 4) is 45.3 Å². The van der Waals surface area contributed by atoms with Crippen LogP contribution in [0.4, 0.5) is 11.4 Å². The van der Waals surface area contributed by atoms with E-state index < -0.39 is 0 Å². The minimum Gasteiger partial charge on any atom is -0.456 e. The van der Waals surface area contributed by atoms with Crippen LogP contribution in [0.15, 0.2) is 162 Å². The molecule has 0 N–H and O–H groups in total. The number of hydrogen-bond acceptors (Lipinski definition) is 6. The van der Waals surface area contributed by atoms with Crippen molar-refractivity contribution in [2.24, 2.45) is 0 Å². The second-order valence-electron chi connectivity index (χ2n) is 12.7. The summed E-state index contributed by atoms with van der Waals surface area (Å²) in [6.07, 6.45) is 7.97. The van der Waals surface area contributed by atoms with Gasteiger partial charge < -0.3 is 9.32 Å². The predicted octanol–water partition coefficient (Wildman–Crippen LogP) is 10.4. The van der Waals surface area contributed by atoms with Gasteiger partial charge in [0.25, 0.3) is 0 Å². The van der Waals surface area contributed by atoms with Gasteiger partial charge in [-0.2, -0.15) is 0 Å². The van der Waals surface area contributed by atoms with Gasteiger partial charge >= 0.3 is 0 Å². The van der Waals surface area contributed by atoms with Crippen LogP contribution in [0.3, 0.4) is 0 Å². The van der Waals surface area contributed by atoms with Crippen LogP contribution in [-0.2, 0) is 0 Å². The molecule has 5 aromatic carbocycles. The second-order valence-corrected chi connectivity index (χ2v) is 12.7. The van der Waals surface area contributed by atoms with E-state index in [4.69, 9.17) is 19.4 Å². The van der Waals surface area contributed by atoms with Crippen molar-refractivity contribution in [2.45, 2.75) is 12.0 Å². The number of fused-ring (bicyclic) bond motifs is 7. The molecule has 1 aliphatic heterocycles. The zero-order valence-electron chi connectivity index (χ0n) is 26.9. The van der Waals surface area contributed by atoms with E-state index in [1.807, 2.05) is 30.3 Å². The largest absolute Gasteiger partial charge is 0.456 e. The number of hydrogen-bond donors (Lipinski definition) is 0. The summed E-state index contributed by atoms with van der Waals surface area (Å²) in [7, 11) is 0. The zero-order valence-corrected chi connectivity index (χ0v) is 26.9. The highest BCUT2D eigenvalue weighted by Crippen LogP contribution is 2.53. The van der Waals surface area contributed by atoms with Crippen LogP contribution >= 0.6 is 0 Å². The van der Waals surface area contributed by atoms with Crippen LogP contribution in [-0.4, -0.2) is 26.0 Å². The molecule has 2 atom stereocenters. The molecular weight excluding hydrogens is 615 g/mol. The van der Waals surface area contributed by atoms with Gasteiger partial charge in [0.05, 0.1) is 6.04 Å². The Morgan fingerprint density at radius 1 is 0.560 bits per heavy atom. The Bertz CT molecular complexity index is 2540. The summed E-state index contributed by atoms with van der Waals surface area (Å²) < 4.78 is 6.51. The van der Waals surface area contributed by atoms with Crippen LogP contribution in [0, 0.1) is 0 Å². The van der Waals surface area contributed by atoms with Crippen LogP contribution < -0.4 is 4.90 Å². The molecule has 2 unspecified atom stereocenters. The average Bonchev–Trinajstić information content (AvgIpc) is 3.74. The van der Waals surface area contributed by atoms with Gasteiger partial charge in [0, 0.05) is 57.3 Å². The normalized spacial score (nSPS) is 15.9. The fraction of sp³-hybridized carbons (Fsp3) is 0.0455. The Balaban J connectivity index is 1.11. The molecule has 0 bridgehead atoms. The van der Waals surface area contributed by atoms with E-state index >= 15 is 0 Å². The third-order valence-corrected chi connectivity index (χ3v) is 9.78. The number of anilines is 2. The third-order valence-electron chi connectivity index (χ3n) is 9.78. The van der Waals surface area contributed by atoms with Crippen LogP contribution in [0.25, 0.3) is 62.3 Å². The Morgan fingerprint density at radius 3 is 1.98 bits per heavy atom. The lowest BCUT2D eigenvalue weighted by Crippen LogP contribution is -2.30. The summed E-state index contributed by atoms with van der Waals surface area (Å²) in [4.78, 5) is 21.8. The van der Waals surface area contributed by atoms with E-state index in [0.717, 1.165) is 44.5 Å². The summed E-state index contributed by atoms with van der Waals surface area (Å²) in [5, 5.41) is 1.07. The number of benzene rings is 5. The van der Waals surface area contributed by atoms with Crippen molar-refractivity contribution in [3.05, 3.63) is 175 Å². The van der Waals surface area contributed by atoms with Crippen LogP contribution in [0.2, 0.25) is 0 Å². The standard InChI is InChI=1S/C44H29N5O/c1-3-10-28(11-4-1)29-17-19-30(20-18-29)42-46-43(48-44(47-42)32-12-9-25-45-27-32)31-21-23-38-35(26-31)41-39(50-38)24-22-37-40(41)34-15-7-8-16-36(34)49(37)33-13-5-2-6-14-33/h1-27,37,40H. The zero-order chi connectivity index (χ0) is 33.0. The lowest BCUT2D eigenvalue weighted by atomic mass is 9.82. The van der Waals surface area contributed by atoms with E-state index in [1.165, 1.54) is 22.5 Å². The highest BCUT2D eigenvalue weighted by Gasteiger charge is 2.43. The molecule has 50 heavy (non-hydrogen) atoms. The average molecular weight is 644 g/mol. The maximum absolute atomic E-state index is 6.51. The van der Waals surface area contributed by atoms with Crippen LogP contribution in [0.1, 0.15) is 22.8 Å². The van der Waals surface area contributed by atoms with Gasteiger partial charge in [0.15, 0.2) is 17.5 Å². The first kappa shape index (κ1) is 28.4. The molecule has 6 heteroatoms. The van der Waals surface area contributed by atoms with E-state index in [1.54, 1.807) is 12.4 Å². The van der Waals surface area contributed by atoms with Crippen molar-refractivity contribution < 1.29 is 4.42 Å². The van der Waals surface area contributed by atoms with Crippen LogP contribution in [0.5, 0.6) is 0 Å². The molecular formula is C44H29N5O. The molecule has 8 aromatic rings. The summed E-state index contributed by atoms with van der Waals surface area (Å²) in [6.45, 7) is 0. The van der Waals surface area contributed by atoms with E-state index in [0.29, 0.717) is 17.5 Å². The Labute approximate surface area is 289 Å². The molecule has 0 saturated carbocycles. The lowest BCUT2D eigenvalue weighted by Gasteiger charge is -2.30. The topological polar surface area (TPSA) is 67.9 Å². The molecule has 4 heterocycles. The minimum absolute atomic E-state index is 0.103. The van der Waals surface area contributed by atoms with Gasteiger partial charge in [-0.3, -0.25) is 4.98 Å². The van der Waals surface area contributed by atoms with Crippen molar-refractivity contribution in [1.82, 2.24) is 19.9 Å². The molecule has 10 rings (SSSR count). The van der Waals surface area contributed by atoms with Gasteiger partial charge in [0.1, 0.15) is 11.3 Å². The maximum Gasteiger partial charge on any atom is 0.165 e. The monoisotopic (exact) mass is 643 g/mol. The molecule has 3 aromatic heterocycles. The minimum atomic E-state index is 0.103. The summed E-state index contributed by atoms with van der Waals surface area (Å²) >= 11 is 0. The van der Waals surface area contributed by atoms with E-state index in [-0.39, 0.29) is 12.0 Å². The molecule has 0 amide bonds. The number of aromatic nitrogens is 4. The smallest absolute Gasteiger partial charge is 0.165 e. The van der Waals surface area contributed by atoms with Gasteiger partial charge in [-0.1, -0.05) is 97.1 Å². The number of nitrogens with zero attached hydrogens (tertiary/aromatic N) is 5. The summed E-state index contributed by atoms with van der Waals surface area (Å²) in [6, 6.07) is 48.4. The van der Waals surface area contributed by atoms with Gasteiger partial charge in [-0.15, -0.1) is 0 Å². The molecule has 1 aliphatic carbocycles. The fourth-order valence-electron chi connectivity index (χ4n) is 7.49. The molecule has 236 valence electrons. The Kier molecular flexibility index (Phi) is 6.52. The highest BCUT2D eigenvalue weighted by atomic mass is 16.3. The van der Waals surface area contributed by atoms with Crippen molar-refractivity contribution in [2.75, 3.05) is 4.90 Å². The maximum atomic E-state index is 6.51. The lowest BCUT2D eigenvalue weighted by molar-refractivity contribution is 0.584. The van der Waals surface area contributed by atoms with E-state index in [9.17, 15) is 0 Å². The van der Waals surface area contributed by atoms with Gasteiger partial charge in [-0.25, -0.2) is 15.0 Å². The second kappa shape index (κ2) is 11.5. The van der Waals surface area contributed by atoms with Crippen molar-refractivity contribution in [3.63, 3.8) is 0 Å². The molecule has 0 spiro atoms. The van der Waals surface area contributed by atoms with Gasteiger partial charge in [-0.05, 0) is 71.3 Å². The Hall–Kier alpha value is -6.66. The first-order valence-electron chi connectivity index (χ1n) is 16.8. The molecule has 0 fully saturated rings. The van der Waals surface area contributed by atoms with Crippen molar-refractivity contribution in [1.29, 1.82) is 0 Å². The predicted molar refractivity (Wildman–Crippen MR) is 199 cm³/mol.